The quantitative estimate of drug-likeness (QED) is 0.389. The fraction of sp³-hybridized carbons (Fsp3) is 0.615. The topological polar surface area (TPSA) is 102 Å². The van der Waals surface area contributed by atoms with Gasteiger partial charge in [0, 0.05) is 12.2 Å². The molecular weight excluding hydrogens is 246 g/mol. The van der Waals surface area contributed by atoms with Gasteiger partial charge in [0.2, 0.25) is 0 Å². The van der Waals surface area contributed by atoms with E-state index in [9.17, 15) is 9.59 Å². The maximum Gasteiger partial charge on any atom is 0.322 e. The van der Waals surface area contributed by atoms with E-state index in [-0.39, 0.29) is 11.6 Å². The molecule has 0 aromatic rings. The number of carboxylic acid groups (broad SMARTS) is 1. The first-order chi connectivity index (χ1) is 9.13. The van der Waals surface area contributed by atoms with Crippen LogP contribution in [-0.2, 0) is 9.59 Å². The summed E-state index contributed by atoms with van der Waals surface area (Å²) in [5, 5.41) is 22.6. The van der Waals surface area contributed by atoms with Crippen LogP contribution in [-0.4, -0.2) is 29.6 Å². The van der Waals surface area contributed by atoms with E-state index in [1.807, 2.05) is 0 Å². The molecule has 6 heteroatoms. The summed E-state index contributed by atoms with van der Waals surface area (Å²) >= 11 is 0. The predicted octanol–water partition coefficient (Wildman–Crippen LogP) is 0.907. The second-order valence-electron chi connectivity index (χ2n) is 4.60. The highest BCUT2D eigenvalue weighted by Crippen LogP contribution is 2.17. The largest absolute Gasteiger partial charge is 0.480 e. The van der Waals surface area contributed by atoms with Gasteiger partial charge in [-0.05, 0) is 12.8 Å². The molecule has 0 unspecified atom stereocenters. The van der Waals surface area contributed by atoms with Crippen molar-refractivity contribution in [1.82, 2.24) is 10.6 Å². The first-order valence-electron chi connectivity index (χ1n) is 6.50. The van der Waals surface area contributed by atoms with Gasteiger partial charge in [0.25, 0.3) is 5.91 Å². The summed E-state index contributed by atoms with van der Waals surface area (Å²) in [5.41, 5.74) is -0.0921. The Bertz CT molecular complexity index is 390. The van der Waals surface area contributed by atoms with Crippen LogP contribution in [0.5, 0.6) is 0 Å². The molecule has 6 nitrogen and oxygen atoms in total. The molecule has 1 aliphatic carbocycles. The van der Waals surface area contributed by atoms with Gasteiger partial charge in [-0.25, -0.2) is 0 Å². The summed E-state index contributed by atoms with van der Waals surface area (Å²) < 4.78 is 0. The van der Waals surface area contributed by atoms with Crippen molar-refractivity contribution in [3.8, 4) is 6.07 Å². The van der Waals surface area contributed by atoms with E-state index < -0.39 is 18.4 Å². The molecule has 1 fully saturated rings. The van der Waals surface area contributed by atoms with Gasteiger partial charge < -0.3 is 15.7 Å². The molecule has 0 aromatic heterocycles. The molecule has 19 heavy (non-hydrogen) atoms. The van der Waals surface area contributed by atoms with Crippen molar-refractivity contribution >= 4 is 11.9 Å². The number of aliphatic carboxylic acids is 1. The SMILES string of the molecule is N#C/C(=C/NC1CCCCCC1)C(=O)NCC(=O)O. The van der Waals surface area contributed by atoms with Crippen LogP contribution in [0.15, 0.2) is 11.8 Å². The van der Waals surface area contributed by atoms with Crippen LogP contribution in [0, 0.1) is 11.3 Å². The highest BCUT2D eigenvalue weighted by atomic mass is 16.4. The second-order valence-corrected chi connectivity index (χ2v) is 4.60. The lowest BCUT2D eigenvalue weighted by Gasteiger charge is -2.14. The molecule has 0 aromatic carbocycles. The van der Waals surface area contributed by atoms with Crippen molar-refractivity contribution in [1.29, 1.82) is 5.26 Å². The first kappa shape index (κ1) is 15.0. The summed E-state index contributed by atoms with van der Waals surface area (Å²) in [6.45, 7) is -0.485. The number of nitriles is 1. The van der Waals surface area contributed by atoms with Crippen LogP contribution in [0.3, 0.4) is 0 Å². The maximum absolute atomic E-state index is 11.5. The van der Waals surface area contributed by atoms with Gasteiger partial charge in [-0.2, -0.15) is 5.26 Å². The number of nitrogens with one attached hydrogen (secondary N) is 2. The number of carbonyl (C=O) groups is 2. The van der Waals surface area contributed by atoms with Gasteiger partial charge in [0.05, 0.1) is 0 Å². The molecular formula is C13H19N3O3. The van der Waals surface area contributed by atoms with Gasteiger partial charge in [0.1, 0.15) is 18.2 Å². The van der Waals surface area contributed by atoms with E-state index in [4.69, 9.17) is 10.4 Å². The molecule has 0 bridgehead atoms. The number of hydrogen-bond acceptors (Lipinski definition) is 4. The lowest BCUT2D eigenvalue weighted by molar-refractivity contribution is -0.137. The molecule has 0 atom stereocenters. The van der Waals surface area contributed by atoms with Crippen LogP contribution >= 0.6 is 0 Å². The monoisotopic (exact) mass is 265 g/mol. The van der Waals surface area contributed by atoms with E-state index in [1.165, 1.54) is 19.0 Å². The van der Waals surface area contributed by atoms with Crippen LogP contribution < -0.4 is 10.6 Å². The number of carbonyl (C=O) groups excluding carboxylic acids is 1. The Morgan fingerprint density at radius 2 is 1.89 bits per heavy atom. The molecule has 0 radical (unpaired) electrons. The zero-order valence-electron chi connectivity index (χ0n) is 10.8. The van der Waals surface area contributed by atoms with Crippen LogP contribution in [0.4, 0.5) is 0 Å². The third-order valence-electron chi connectivity index (χ3n) is 3.08. The van der Waals surface area contributed by atoms with E-state index in [2.05, 4.69) is 10.6 Å². The molecule has 0 saturated heterocycles. The van der Waals surface area contributed by atoms with Crippen molar-refractivity contribution < 1.29 is 14.7 Å². The highest BCUT2D eigenvalue weighted by molar-refractivity contribution is 5.98. The molecule has 1 rings (SSSR count). The van der Waals surface area contributed by atoms with Crippen LogP contribution in [0.1, 0.15) is 38.5 Å². The van der Waals surface area contributed by atoms with Gasteiger partial charge in [0.15, 0.2) is 0 Å². The summed E-state index contributed by atoms with van der Waals surface area (Å²) in [5.74, 6) is -1.80. The fourth-order valence-electron chi connectivity index (χ4n) is 2.05. The molecule has 0 aliphatic heterocycles. The second kappa shape index (κ2) is 8.14. The summed E-state index contributed by atoms with van der Waals surface area (Å²) in [6.07, 6.45) is 8.22. The maximum atomic E-state index is 11.5. The highest BCUT2D eigenvalue weighted by Gasteiger charge is 2.13. The average molecular weight is 265 g/mol. The normalized spacial score (nSPS) is 17.1. The van der Waals surface area contributed by atoms with Gasteiger partial charge in [-0.15, -0.1) is 0 Å². The lowest BCUT2D eigenvalue weighted by atomic mass is 10.1. The Hall–Kier alpha value is -2.03. The minimum absolute atomic E-state index is 0.0921. The number of carboxylic acids is 1. The van der Waals surface area contributed by atoms with Crippen molar-refractivity contribution in [3.63, 3.8) is 0 Å². The Kier molecular flexibility index (Phi) is 6.44. The standard InChI is InChI=1S/C13H19N3O3/c14-7-10(13(19)16-9-12(17)18)8-15-11-5-3-1-2-4-6-11/h8,11,15H,1-6,9H2,(H,16,19)(H,17,18)/b10-8-. The molecule has 0 heterocycles. The predicted molar refractivity (Wildman–Crippen MR) is 69.0 cm³/mol. The number of nitrogens with zero attached hydrogens (tertiary/aromatic N) is 1. The van der Waals surface area contributed by atoms with Crippen molar-refractivity contribution in [2.75, 3.05) is 6.54 Å². The third-order valence-corrected chi connectivity index (χ3v) is 3.08. The third kappa shape index (κ3) is 5.91. The number of rotatable bonds is 5. The van der Waals surface area contributed by atoms with E-state index in [1.54, 1.807) is 6.07 Å². The molecule has 104 valence electrons. The minimum atomic E-state index is -1.14. The Balaban J connectivity index is 2.48. The number of amides is 1. The van der Waals surface area contributed by atoms with Crippen molar-refractivity contribution in [2.45, 2.75) is 44.6 Å². The van der Waals surface area contributed by atoms with Crippen LogP contribution in [0.25, 0.3) is 0 Å². The minimum Gasteiger partial charge on any atom is -0.480 e. The number of hydrogen-bond donors (Lipinski definition) is 3. The fourth-order valence-corrected chi connectivity index (χ4v) is 2.05. The zero-order valence-corrected chi connectivity index (χ0v) is 10.8. The molecule has 1 saturated carbocycles. The van der Waals surface area contributed by atoms with E-state index >= 15 is 0 Å². The molecule has 0 spiro atoms. The molecule has 1 amide bonds. The Morgan fingerprint density at radius 3 is 2.42 bits per heavy atom. The van der Waals surface area contributed by atoms with Gasteiger partial charge in [-0.3, -0.25) is 9.59 Å². The summed E-state index contributed by atoms with van der Waals surface area (Å²) in [7, 11) is 0. The molecule has 3 N–H and O–H groups in total. The lowest BCUT2D eigenvalue weighted by Crippen LogP contribution is -2.31. The summed E-state index contributed by atoms with van der Waals surface area (Å²) in [6, 6.07) is 2.06. The molecule has 1 aliphatic rings. The van der Waals surface area contributed by atoms with Crippen molar-refractivity contribution in [3.05, 3.63) is 11.8 Å². The van der Waals surface area contributed by atoms with Crippen LogP contribution in [0.2, 0.25) is 0 Å². The van der Waals surface area contributed by atoms with Crippen molar-refractivity contribution in [2.24, 2.45) is 0 Å². The summed E-state index contributed by atoms with van der Waals surface area (Å²) in [4.78, 5) is 21.8. The average Bonchev–Trinajstić information content (AvgIpc) is 2.65. The Morgan fingerprint density at radius 1 is 1.26 bits per heavy atom. The smallest absolute Gasteiger partial charge is 0.322 e. The first-order valence-corrected chi connectivity index (χ1v) is 6.50. The zero-order chi connectivity index (χ0) is 14.1. The van der Waals surface area contributed by atoms with Gasteiger partial charge >= 0.3 is 5.97 Å². The van der Waals surface area contributed by atoms with Gasteiger partial charge in [-0.1, -0.05) is 25.7 Å². The Labute approximate surface area is 112 Å². The van der Waals surface area contributed by atoms with E-state index in [0.29, 0.717) is 0 Å². The van der Waals surface area contributed by atoms with E-state index in [0.717, 1.165) is 25.7 Å².